The van der Waals surface area contributed by atoms with Crippen molar-refractivity contribution in [2.45, 2.75) is 19.5 Å². The van der Waals surface area contributed by atoms with Crippen LogP contribution >= 0.6 is 15.9 Å². The first kappa shape index (κ1) is 12.1. The monoisotopic (exact) mass is 275 g/mol. The van der Waals surface area contributed by atoms with E-state index >= 15 is 0 Å². The van der Waals surface area contributed by atoms with Crippen molar-refractivity contribution in [2.75, 3.05) is 0 Å². The molecule has 0 heterocycles. The molecule has 0 aromatic heterocycles. The zero-order chi connectivity index (χ0) is 11.4. The van der Waals surface area contributed by atoms with Gasteiger partial charge in [0.1, 0.15) is 11.9 Å². The van der Waals surface area contributed by atoms with Crippen LogP contribution < -0.4 is 5.32 Å². The third kappa shape index (κ3) is 3.60. The van der Waals surface area contributed by atoms with Gasteiger partial charge < -0.3 is 10.4 Å². The van der Waals surface area contributed by atoms with Crippen LogP contribution in [0, 0.1) is 5.82 Å². The van der Waals surface area contributed by atoms with E-state index in [1.165, 1.54) is 13.0 Å². The van der Waals surface area contributed by atoms with E-state index < -0.39 is 12.0 Å². The highest BCUT2D eigenvalue weighted by Gasteiger charge is 2.10. The fourth-order valence-electron chi connectivity index (χ4n) is 1.02. The molecular formula is C10H11BrFNO2. The van der Waals surface area contributed by atoms with Crippen LogP contribution in [0.25, 0.3) is 0 Å². The van der Waals surface area contributed by atoms with Gasteiger partial charge >= 0.3 is 5.97 Å². The van der Waals surface area contributed by atoms with Crippen molar-refractivity contribution >= 4 is 21.9 Å². The van der Waals surface area contributed by atoms with E-state index in [-0.39, 0.29) is 12.4 Å². The van der Waals surface area contributed by atoms with E-state index in [0.717, 1.165) is 0 Å². The van der Waals surface area contributed by atoms with Gasteiger partial charge in [0.05, 0.1) is 0 Å². The van der Waals surface area contributed by atoms with Crippen LogP contribution in [0.2, 0.25) is 0 Å². The van der Waals surface area contributed by atoms with Crippen molar-refractivity contribution in [3.05, 3.63) is 34.1 Å². The summed E-state index contributed by atoms with van der Waals surface area (Å²) in [5.74, 6) is -1.30. The van der Waals surface area contributed by atoms with Gasteiger partial charge in [0, 0.05) is 16.6 Å². The summed E-state index contributed by atoms with van der Waals surface area (Å²) in [6, 6.07) is 3.99. The summed E-state index contributed by atoms with van der Waals surface area (Å²) in [4.78, 5) is 10.5. The standard InChI is InChI=1S/C10H11BrFNO2/c1-6(10(14)15)13-5-7-2-3-8(11)4-9(7)12/h2-4,6,13H,5H2,1H3,(H,14,15). The Balaban J connectivity index is 2.62. The fourth-order valence-corrected chi connectivity index (χ4v) is 1.35. The Bertz CT molecular complexity index is 370. The summed E-state index contributed by atoms with van der Waals surface area (Å²) < 4.78 is 13.9. The summed E-state index contributed by atoms with van der Waals surface area (Å²) in [5.41, 5.74) is 0.450. The van der Waals surface area contributed by atoms with Crippen molar-refractivity contribution < 1.29 is 14.3 Å². The highest BCUT2D eigenvalue weighted by Crippen LogP contribution is 2.15. The number of hydrogen-bond acceptors (Lipinski definition) is 2. The number of carboxylic acid groups (broad SMARTS) is 1. The molecule has 0 saturated heterocycles. The van der Waals surface area contributed by atoms with E-state index in [0.29, 0.717) is 10.0 Å². The number of nitrogens with one attached hydrogen (secondary N) is 1. The highest BCUT2D eigenvalue weighted by atomic mass is 79.9. The largest absolute Gasteiger partial charge is 0.480 e. The third-order valence-corrected chi connectivity index (χ3v) is 2.48. The van der Waals surface area contributed by atoms with Crippen LogP contribution in [0.4, 0.5) is 4.39 Å². The molecule has 0 saturated carbocycles. The molecule has 1 atom stereocenters. The maximum absolute atomic E-state index is 13.3. The fraction of sp³-hybridized carbons (Fsp3) is 0.300. The summed E-state index contributed by atoms with van der Waals surface area (Å²) >= 11 is 3.15. The second-order valence-corrected chi connectivity index (χ2v) is 4.09. The molecule has 2 N–H and O–H groups in total. The van der Waals surface area contributed by atoms with Gasteiger partial charge in [0.2, 0.25) is 0 Å². The number of rotatable bonds is 4. The Morgan fingerprint density at radius 2 is 2.33 bits per heavy atom. The minimum absolute atomic E-state index is 0.201. The molecule has 1 aromatic carbocycles. The van der Waals surface area contributed by atoms with Gasteiger partial charge in [-0.3, -0.25) is 4.79 Å². The highest BCUT2D eigenvalue weighted by molar-refractivity contribution is 9.10. The number of carboxylic acids is 1. The van der Waals surface area contributed by atoms with Crippen LogP contribution in [0.3, 0.4) is 0 Å². The average Bonchev–Trinajstić information content (AvgIpc) is 2.15. The number of aliphatic carboxylic acids is 1. The van der Waals surface area contributed by atoms with E-state index in [2.05, 4.69) is 21.2 Å². The number of hydrogen-bond donors (Lipinski definition) is 2. The molecule has 82 valence electrons. The second-order valence-electron chi connectivity index (χ2n) is 3.18. The maximum Gasteiger partial charge on any atom is 0.320 e. The van der Waals surface area contributed by atoms with Gasteiger partial charge in [0.25, 0.3) is 0 Å². The van der Waals surface area contributed by atoms with Gasteiger partial charge in [0.15, 0.2) is 0 Å². The molecular weight excluding hydrogens is 265 g/mol. The SMILES string of the molecule is CC(NCc1ccc(Br)cc1F)C(=O)O. The average molecular weight is 276 g/mol. The summed E-state index contributed by atoms with van der Waals surface area (Å²) in [6.45, 7) is 1.71. The van der Waals surface area contributed by atoms with E-state index in [9.17, 15) is 9.18 Å². The predicted octanol–water partition coefficient (Wildman–Crippen LogP) is 2.15. The van der Waals surface area contributed by atoms with Crippen LogP contribution in [-0.4, -0.2) is 17.1 Å². The molecule has 0 fully saturated rings. The lowest BCUT2D eigenvalue weighted by molar-refractivity contribution is -0.139. The molecule has 0 bridgehead atoms. The molecule has 0 amide bonds. The molecule has 3 nitrogen and oxygen atoms in total. The van der Waals surface area contributed by atoms with Crippen molar-refractivity contribution in [3.8, 4) is 0 Å². The Kier molecular flexibility index (Phi) is 4.23. The van der Waals surface area contributed by atoms with Crippen LogP contribution in [-0.2, 0) is 11.3 Å². The topological polar surface area (TPSA) is 49.3 Å². The Morgan fingerprint density at radius 3 is 2.87 bits per heavy atom. The lowest BCUT2D eigenvalue weighted by atomic mass is 10.2. The minimum atomic E-state index is -0.951. The first-order valence-electron chi connectivity index (χ1n) is 4.41. The number of halogens is 2. The first-order chi connectivity index (χ1) is 7.00. The summed E-state index contributed by atoms with van der Waals surface area (Å²) in [7, 11) is 0. The molecule has 0 radical (unpaired) electrons. The molecule has 0 aliphatic heterocycles. The minimum Gasteiger partial charge on any atom is -0.480 e. The number of carbonyl (C=O) groups is 1. The Hall–Kier alpha value is -0.940. The lowest BCUT2D eigenvalue weighted by Gasteiger charge is -2.09. The van der Waals surface area contributed by atoms with Crippen LogP contribution in [0.5, 0.6) is 0 Å². The van der Waals surface area contributed by atoms with E-state index in [1.807, 2.05) is 0 Å². The van der Waals surface area contributed by atoms with Crippen molar-refractivity contribution in [3.63, 3.8) is 0 Å². The van der Waals surface area contributed by atoms with Gasteiger partial charge in [-0.15, -0.1) is 0 Å². The zero-order valence-electron chi connectivity index (χ0n) is 8.13. The van der Waals surface area contributed by atoms with Gasteiger partial charge in [-0.05, 0) is 19.1 Å². The van der Waals surface area contributed by atoms with Gasteiger partial charge in [-0.25, -0.2) is 4.39 Å². The molecule has 1 unspecified atom stereocenters. The summed E-state index contributed by atoms with van der Waals surface area (Å²) in [5, 5.41) is 11.3. The predicted molar refractivity (Wildman–Crippen MR) is 58.0 cm³/mol. The lowest BCUT2D eigenvalue weighted by Crippen LogP contribution is -2.33. The second kappa shape index (κ2) is 5.23. The molecule has 15 heavy (non-hydrogen) atoms. The Labute approximate surface area is 95.4 Å². The molecule has 1 rings (SSSR count). The van der Waals surface area contributed by atoms with E-state index in [1.54, 1.807) is 12.1 Å². The molecule has 0 spiro atoms. The Morgan fingerprint density at radius 1 is 1.67 bits per heavy atom. The van der Waals surface area contributed by atoms with Crippen LogP contribution in [0.15, 0.2) is 22.7 Å². The summed E-state index contributed by atoms with van der Waals surface area (Å²) in [6.07, 6.45) is 0. The van der Waals surface area contributed by atoms with Crippen molar-refractivity contribution in [1.82, 2.24) is 5.32 Å². The van der Waals surface area contributed by atoms with Gasteiger partial charge in [-0.1, -0.05) is 22.0 Å². The van der Waals surface area contributed by atoms with Crippen molar-refractivity contribution in [1.29, 1.82) is 0 Å². The van der Waals surface area contributed by atoms with Crippen LogP contribution in [0.1, 0.15) is 12.5 Å². The quantitative estimate of drug-likeness (QED) is 0.885. The zero-order valence-corrected chi connectivity index (χ0v) is 9.71. The first-order valence-corrected chi connectivity index (χ1v) is 5.20. The molecule has 5 heteroatoms. The van der Waals surface area contributed by atoms with E-state index in [4.69, 9.17) is 5.11 Å². The van der Waals surface area contributed by atoms with Crippen molar-refractivity contribution in [2.24, 2.45) is 0 Å². The molecule has 0 aliphatic carbocycles. The number of benzene rings is 1. The smallest absolute Gasteiger partial charge is 0.320 e. The molecule has 0 aliphatic rings. The third-order valence-electron chi connectivity index (χ3n) is 1.98. The molecule has 1 aromatic rings. The normalized spacial score (nSPS) is 12.5. The maximum atomic E-state index is 13.3. The van der Waals surface area contributed by atoms with Gasteiger partial charge in [-0.2, -0.15) is 0 Å².